The van der Waals surface area contributed by atoms with Crippen molar-refractivity contribution in [2.24, 2.45) is 0 Å². The van der Waals surface area contributed by atoms with Crippen LogP contribution in [-0.4, -0.2) is 31.9 Å². The lowest BCUT2D eigenvalue weighted by atomic mass is 10.3. The topological polar surface area (TPSA) is 31.4 Å². The number of hydrogen-bond acceptors (Lipinski definition) is 4. The highest BCUT2D eigenvalue weighted by atomic mass is 32.1. The van der Waals surface area contributed by atoms with E-state index in [9.17, 15) is 0 Å². The molecule has 0 fully saturated rings. The highest BCUT2D eigenvalue weighted by Crippen LogP contribution is 2.11. The summed E-state index contributed by atoms with van der Waals surface area (Å²) in [4.78, 5) is 4.53. The van der Waals surface area contributed by atoms with Gasteiger partial charge in [0, 0.05) is 18.9 Å². The van der Waals surface area contributed by atoms with Crippen LogP contribution in [0.15, 0.2) is 5.38 Å². The fraction of sp³-hybridized carbons (Fsp3) is 0.727. The van der Waals surface area contributed by atoms with Gasteiger partial charge in [-0.1, -0.05) is 13.3 Å². The number of nitrogens with zero attached hydrogens (tertiary/aromatic N) is 1. The quantitative estimate of drug-likeness (QED) is 0.641. The van der Waals surface area contributed by atoms with Crippen LogP contribution < -0.4 is 0 Å². The van der Waals surface area contributed by atoms with Crippen LogP contribution >= 0.6 is 11.3 Å². The molecule has 3 nitrogen and oxygen atoms in total. The van der Waals surface area contributed by atoms with Crippen molar-refractivity contribution in [3.8, 4) is 0 Å². The molecule has 0 saturated heterocycles. The summed E-state index contributed by atoms with van der Waals surface area (Å²) in [5.41, 5.74) is 1.22. The van der Waals surface area contributed by atoms with Gasteiger partial charge in [0.05, 0.1) is 30.5 Å². The summed E-state index contributed by atoms with van der Waals surface area (Å²) in [5, 5.41) is 3.32. The summed E-state index contributed by atoms with van der Waals surface area (Å²) in [6.07, 6.45) is 3.16. The Morgan fingerprint density at radius 1 is 1.27 bits per heavy atom. The predicted octanol–water partition coefficient (Wildman–Crippen LogP) is 2.30. The van der Waals surface area contributed by atoms with Gasteiger partial charge in [0.15, 0.2) is 0 Å². The largest absolute Gasteiger partial charge is 0.382 e. The molecule has 0 amide bonds. The SMILES string of the molecule is CCCc1csc(CCOCCOC)n1. The van der Waals surface area contributed by atoms with E-state index >= 15 is 0 Å². The standard InChI is InChI=1S/C11H19NO2S/c1-3-4-10-9-15-11(12-10)5-6-14-8-7-13-2/h9H,3-8H2,1-2H3. The van der Waals surface area contributed by atoms with E-state index in [4.69, 9.17) is 9.47 Å². The molecule has 4 heteroatoms. The molecular formula is C11H19NO2S. The van der Waals surface area contributed by atoms with Gasteiger partial charge in [-0.15, -0.1) is 11.3 Å². The molecule has 0 radical (unpaired) electrons. The van der Waals surface area contributed by atoms with E-state index in [1.54, 1.807) is 18.4 Å². The third kappa shape index (κ3) is 5.25. The minimum atomic E-state index is 0.666. The summed E-state index contributed by atoms with van der Waals surface area (Å²) in [6.45, 7) is 4.25. The highest BCUT2D eigenvalue weighted by Gasteiger charge is 2.00. The average Bonchev–Trinajstić information content (AvgIpc) is 2.66. The zero-order chi connectivity index (χ0) is 10.9. The molecule has 0 atom stereocenters. The molecule has 0 aliphatic carbocycles. The Balaban J connectivity index is 2.14. The Morgan fingerprint density at radius 3 is 2.87 bits per heavy atom. The number of thiazole rings is 1. The van der Waals surface area contributed by atoms with Crippen molar-refractivity contribution in [1.29, 1.82) is 0 Å². The summed E-state index contributed by atoms with van der Waals surface area (Å²) in [7, 11) is 1.68. The van der Waals surface area contributed by atoms with Crippen molar-refractivity contribution in [3.63, 3.8) is 0 Å². The van der Waals surface area contributed by atoms with Gasteiger partial charge in [-0.3, -0.25) is 0 Å². The maximum atomic E-state index is 5.39. The van der Waals surface area contributed by atoms with Crippen molar-refractivity contribution in [1.82, 2.24) is 4.98 Å². The maximum absolute atomic E-state index is 5.39. The Hall–Kier alpha value is -0.450. The van der Waals surface area contributed by atoms with Crippen molar-refractivity contribution in [2.75, 3.05) is 26.9 Å². The molecule has 0 aliphatic rings. The maximum Gasteiger partial charge on any atom is 0.0951 e. The average molecular weight is 229 g/mol. The first-order chi connectivity index (χ1) is 7.36. The summed E-state index contributed by atoms with van der Waals surface area (Å²) >= 11 is 1.73. The lowest BCUT2D eigenvalue weighted by Crippen LogP contribution is -2.04. The van der Waals surface area contributed by atoms with Gasteiger partial charge in [-0.25, -0.2) is 4.98 Å². The van der Waals surface area contributed by atoms with Crippen LogP contribution in [0.5, 0.6) is 0 Å². The monoisotopic (exact) mass is 229 g/mol. The number of aryl methyl sites for hydroxylation is 1. The van der Waals surface area contributed by atoms with Crippen LogP contribution in [-0.2, 0) is 22.3 Å². The van der Waals surface area contributed by atoms with Gasteiger partial charge in [-0.2, -0.15) is 0 Å². The lowest BCUT2D eigenvalue weighted by Gasteiger charge is -2.00. The molecule has 1 rings (SSSR count). The molecule has 0 saturated carbocycles. The zero-order valence-electron chi connectivity index (χ0n) is 9.49. The predicted molar refractivity (Wildman–Crippen MR) is 62.5 cm³/mol. The molecule has 1 heterocycles. The number of rotatable bonds is 8. The smallest absolute Gasteiger partial charge is 0.0951 e. The molecule has 0 aromatic carbocycles. The molecule has 1 aromatic heterocycles. The van der Waals surface area contributed by atoms with Gasteiger partial charge < -0.3 is 9.47 Å². The molecule has 0 unspecified atom stereocenters. The number of methoxy groups -OCH3 is 1. The first-order valence-electron chi connectivity index (χ1n) is 5.36. The van der Waals surface area contributed by atoms with Crippen LogP contribution in [0, 0.1) is 0 Å². The van der Waals surface area contributed by atoms with Crippen molar-refractivity contribution in [2.45, 2.75) is 26.2 Å². The fourth-order valence-corrected chi connectivity index (χ4v) is 2.05. The van der Waals surface area contributed by atoms with E-state index in [0.717, 1.165) is 25.9 Å². The second kappa shape index (κ2) is 7.79. The van der Waals surface area contributed by atoms with Gasteiger partial charge >= 0.3 is 0 Å². The Labute approximate surface area is 95.4 Å². The summed E-state index contributed by atoms with van der Waals surface area (Å²) in [6, 6.07) is 0. The molecule has 0 aliphatic heterocycles. The second-order valence-electron chi connectivity index (χ2n) is 3.34. The van der Waals surface area contributed by atoms with Crippen LogP contribution in [0.3, 0.4) is 0 Å². The van der Waals surface area contributed by atoms with Crippen LogP contribution in [0.25, 0.3) is 0 Å². The molecular weight excluding hydrogens is 210 g/mol. The van der Waals surface area contributed by atoms with Crippen LogP contribution in [0.4, 0.5) is 0 Å². The van der Waals surface area contributed by atoms with Gasteiger partial charge in [-0.05, 0) is 6.42 Å². The molecule has 0 spiro atoms. The third-order valence-corrected chi connectivity index (χ3v) is 2.95. The first-order valence-corrected chi connectivity index (χ1v) is 6.24. The van der Waals surface area contributed by atoms with E-state index in [0.29, 0.717) is 13.2 Å². The van der Waals surface area contributed by atoms with E-state index < -0.39 is 0 Å². The van der Waals surface area contributed by atoms with Crippen molar-refractivity contribution in [3.05, 3.63) is 16.1 Å². The summed E-state index contributed by atoms with van der Waals surface area (Å²) in [5.74, 6) is 0. The normalized spacial score (nSPS) is 10.8. The first kappa shape index (κ1) is 12.6. The second-order valence-corrected chi connectivity index (χ2v) is 4.28. The van der Waals surface area contributed by atoms with E-state index in [1.807, 2.05) is 0 Å². The van der Waals surface area contributed by atoms with Gasteiger partial charge in [0.25, 0.3) is 0 Å². The molecule has 0 N–H and O–H groups in total. The van der Waals surface area contributed by atoms with Crippen LogP contribution in [0.2, 0.25) is 0 Å². The molecule has 1 aromatic rings. The minimum Gasteiger partial charge on any atom is -0.382 e. The number of aromatic nitrogens is 1. The zero-order valence-corrected chi connectivity index (χ0v) is 10.3. The summed E-state index contributed by atoms with van der Waals surface area (Å²) < 4.78 is 10.3. The van der Waals surface area contributed by atoms with E-state index in [1.165, 1.54) is 10.7 Å². The van der Waals surface area contributed by atoms with Gasteiger partial charge in [0.2, 0.25) is 0 Å². The van der Waals surface area contributed by atoms with E-state index in [-0.39, 0.29) is 0 Å². The van der Waals surface area contributed by atoms with Crippen LogP contribution in [0.1, 0.15) is 24.0 Å². The van der Waals surface area contributed by atoms with Crippen molar-refractivity contribution >= 4 is 11.3 Å². The van der Waals surface area contributed by atoms with Gasteiger partial charge in [0.1, 0.15) is 0 Å². The Kier molecular flexibility index (Phi) is 6.55. The number of ether oxygens (including phenoxy) is 2. The fourth-order valence-electron chi connectivity index (χ4n) is 1.24. The Bertz CT molecular complexity index is 263. The lowest BCUT2D eigenvalue weighted by molar-refractivity contribution is 0.0722. The highest BCUT2D eigenvalue weighted by molar-refractivity contribution is 7.09. The molecule has 15 heavy (non-hydrogen) atoms. The van der Waals surface area contributed by atoms with Crippen molar-refractivity contribution < 1.29 is 9.47 Å². The molecule has 86 valence electrons. The molecule has 0 bridgehead atoms. The minimum absolute atomic E-state index is 0.666. The van der Waals surface area contributed by atoms with E-state index in [2.05, 4.69) is 17.3 Å². The number of hydrogen-bond donors (Lipinski definition) is 0. The third-order valence-electron chi connectivity index (χ3n) is 2.00. The Morgan fingerprint density at radius 2 is 2.13 bits per heavy atom.